The normalized spacial score (nSPS) is 12.3. The third kappa shape index (κ3) is 3.88. The van der Waals surface area contributed by atoms with Gasteiger partial charge in [0.05, 0.1) is 8.71 Å². The van der Waals surface area contributed by atoms with Crippen LogP contribution in [0.1, 0.15) is 23.4 Å². The van der Waals surface area contributed by atoms with E-state index in [1.807, 2.05) is 13.0 Å². The fraction of sp³-hybridized carbons (Fsp3) is 0.231. The van der Waals surface area contributed by atoms with Gasteiger partial charge in [-0.2, -0.15) is 0 Å². The number of hydrogen-bond acceptors (Lipinski definition) is 4. The Kier molecular flexibility index (Phi) is 5.31. The quantitative estimate of drug-likeness (QED) is 0.546. The molecule has 0 fully saturated rings. The lowest BCUT2D eigenvalue weighted by molar-refractivity contribution is -0.384. The van der Waals surface area contributed by atoms with Gasteiger partial charge >= 0.3 is 0 Å². The van der Waals surface area contributed by atoms with Gasteiger partial charge in [-0.3, -0.25) is 10.1 Å². The smallest absolute Gasteiger partial charge is 0.269 e. The molecule has 0 amide bonds. The fourth-order valence-electron chi connectivity index (χ4n) is 1.76. The third-order valence-electron chi connectivity index (χ3n) is 2.86. The molecule has 0 bridgehead atoms. The molecule has 106 valence electrons. The van der Waals surface area contributed by atoms with Crippen LogP contribution in [0.3, 0.4) is 0 Å². The monoisotopic (exact) mass is 418 g/mol. The predicted molar refractivity (Wildman–Crippen MR) is 88.1 cm³/mol. The summed E-state index contributed by atoms with van der Waals surface area (Å²) in [5.74, 6) is 0. The maximum absolute atomic E-state index is 10.8. The van der Waals surface area contributed by atoms with Crippen molar-refractivity contribution < 1.29 is 4.92 Å². The molecule has 0 aliphatic heterocycles. The van der Waals surface area contributed by atoms with E-state index in [9.17, 15) is 10.1 Å². The molecular formula is C13H12Br2N2O2S. The number of nitrogens with zero attached hydrogens (tertiary/aromatic N) is 1. The molecule has 0 saturated heterocycles. The van der Waals surface area contributed by atoms with Crippen molar-refractivity contribution in [2.24, 2.45) is 0 Å². The maximum atomic E-state index is 10.8. The molecule has 2 aromatic rings. The van der Waals surface area contributed by atoms with Crippen LogP contribution < -0.4 is 5.32 Å². The summed E-state index contributed by atoms with van der Waals surface area (Å²) in [4.78, 5) is 11.6. The van der Waals surface area contributed by atoms with Crippen LogP contribution >= 0.6 is 43.2 Å². The Labute approximate surface area is 137 Å². The summed E-state index contributed by atoms with van der Waals surface area (Å²) in [5.41, 5.74) is 1.03. The highest BCUT2D eigenvalue weighted by molar-refractivity contribution is 9.13. The lowest BCUT2D eigenvalue weighted by atomic mass is 10.1. The number of rotatable bonds is 5. The van der Waals surface area contributed by atoms with Gasteiger partial charge in [0.25, 0.3) is 5.69 Å². The molecule has 0 aliphatic rings. The molecule has 0 spiro atoms. The van der Waals surface area contributed by atoms with Crippen LogP contribution in [0.25, 0.3) is 0 Å². The van der Waals surface area contributed by atoms with Crippen LogP contribution in [0.4, 0.5) is 5.69 Å². The van der Waals surface area contributed by atoms with Gasteiger partial charge in [-0.05, 0) is 50.4 Å². The van der Waals surface area contributed by atoms with Crippen molar-refractivity contribution in [3.8, 4) is 0 Å². The number of non-ortho nitro benzene ring substituents is 1. The number of benzene rings is 1. The first kappa shape index (κ1) is 15.6. The second-order valence-electron chi connectivity index (χ2n) is 4.29. The van der Waals surface area contributed by atoms with Gasteiger partial charge in [0.2, 0.25) is 0 Å². The Morgan fingerprint density at radius 3 is 2.75 bits per heavy atom. The van der Waals surface area contributed by atoms with Crippen molar-refractivity contribution in [1.29, 1.82) is 0 Å². The SMILES string of the molecule is CC(NCc1cc(Br)c(Br)s1)c1cccc([N+](=O)[O-])c1. The molecular weight excluding hydrogens is 408 g/mol. The Morgan fingerprint density at radius 2 is 2.15 bits per heavy atom. The summed E-state index contributed by atoms with van der Waals surface area (Å²) >= 11 is 8.58. The van der Waals surface area contributed by atoms with E-state index in [1.165, 1.54) is 10.9 Å². The van der Waals surface area contributed by atoms with E-state index < -0.39 is 0 Å². The zero-order valence-corrected chi connectivity index (χ0v) is 14.6. The number of hydrogen-bond donors (Lipinski definition) is 1. The van der Waals surface area contributed by atoms with Crippen LogP contribution in [-0.4, -0.2) is 4.92 Å². The second kappa shape index (κ2) is 6.80. The molecule has 1 aromatic heterocycles. The summed E-state index contributed by atoms with van der Waals surface area (Å²) in [5, 5.41) is 14.1. The summed E-state index contributed by atoms with van der Waals surface area (Å²) in [6, 6.07) is 8.83. The van der Waals surface area contributed by atoms with Crippen molar-refractivity contribution >= 4 is 48.9 Å². The van der Waals surface area contributed by atoms with E-state index in [-0.39, 0.29) is 16.7 Å². The number of thiophene rings is 1. The Morgan fingerprint density at radius 1 is 1.40 bits per heavy atom. The predicted octanol–water partition coefficient (Wildman–Crippen LogP) is 5.03. The highest BCUT2D eigenvalue weighted by Gasteiger charge is 2.11. The van der Waals surface area contributed by atoms with Gasteiger partial charge in [-0.15, -0.1) is 11.3 Å². The lowest BCUT2D eigenvalue weighted by Gasteiger charge is -2.13. The first-order valence-corrected chi connectivity index (χ1v) is 8.29. The highest BCUT2D eigenvalue weighted by atomic mass is 79.9. The van der Waals surface area contributed by atoms with E-state index in [4.69, 9.17) is 0 Å². The Bertz CT molecular complexity index is 611. The molecule has 2 rings (SSSR count). The van der Waals surface area contributed by atoms with E-state index >= 15 is 0 Å². The summed E-state index contributed by atoms with van der Waals surface area (Å²) in [7, 11) is 0. The van der Waals surface area contributed by atoms with Crippen molar-refractivity contribution in [3.63, 3.8) is 0 Å². The molecule has 0 saturated carbocycles. The number of nitrogens with one attached hydrogen (secondary N) is 1. The molecule has 20 heavy (non-hydrogen) atoms. The van der Waals surface area contributed by atoms with Crippen LogP contribution in [0.15, 0.2) is 38.6 Å². The summed E-state index contributed by atoms with van der Waals surface area (Å²) in [6.07, 6.45) is 0. The van der Waals surface area contributed by atoms with Gasteiger partial charge in [0.1, 0.15) is 0 Å². The highest BCUT2D eigenvalue weighted by Crippen LogP contribution is 2.32. The number of nitro benzene ring substituents is 1. The van der Waals surface area contributed by atoms with Gasteiger partial charge in [0.15, 0.2) is 0 Å². The molecule has 1 atom stereocenters. The van der Waals surface area contributed by atoms with Crippen LogP contribution in [0.5, 0.6) is 0 Å². The first-order valence-electron chi connectivity index (χ1n) is 5.89. The molecule has 7 heteroatoms. The van der Waals surface area contributed by atoms with E-state index in [0.29, 0.717) is 0 Å². The molecule has 0 aliphatic carbocycles. The summed E-state index contributed by atoms with van der Waals surface area (Å²) in [6.45, 7) is 2.72. The van der Waals surface area contributed by atoms with Gasteiger partial charge in [0, 0.05) is 34.1 Å². The Balaban J connectivity index is 2.02. The first-order chi connectivity index (χ1) is 9.47. The maximum Gasteiger partial charge on any atom is 0.269 e. The number of halogens is 2. The molecule has 1 aromatic carbocycles. The van der Waals surface area contributed by atoms with Crippen molar-refractivity contribution in [3.05, 3.63) is 59.1 Å². The summed E-state index contributed by atoms with van der Waals surface area (Å²) < 4.78 is 2.11. The van der Waals surface area contributed by atoms with E-state index in [1.54, 1.807) is 23.5 Å². The average Bonchev–Trinajstić information content (AvgIpc) is 2.75. The standard InChI is InChI=1S/C13H12Br2N2O2S/c1-8(9-3-2-4-10(5-9)17(18)19)16-7-11-6-12(14)13(15)20-11/h2-6,8,16H,7H2,1H3. The largest absolute Gasteiger partial charge is 0.305 e. The third-order valence-corrected chi connectivity index (χ3v) is 6.12. The minimum atomic E-state index is -0.371. The lowest BCUT2D eigenvalue weighted by Crippen LogP contribution is -2.17. The molecule has 1 unspecified atom stereocenters. The minimum absolute atomic E-state index is 0.0505. The Hall–Kier alpha value is -0.760. The molecule has 0 radical (unpaired) electrons. The number of nitro groups is 1. The fourth-order valence-corrected chi connectivity index (χ4v) is 3.89. The average molecular weight is 420 g/mol. The van der Waals surface area contributed by atoms with Gasteiger partial charge < -0.3 is 5.32 Å². The minimum Gasteiger partial charge on any atom is -0.305 e. The second-order valence-corrected chi connectivity index (χ2v) is 7.60. The van der Waals surface area contributed by atoms with Crippen LogP contribution in [0, 0.1) is 10.1 Å². The van der Waals surface area contributed by atoms with Crippen molar-refractivity contribution in [2.75, 3.05) is 0 Å². The topological polar surface area (TPSA) is 55.2 Å². The van der Waals surface area contributed by atoms with Gasteiger partial charge in [-0.1, -0.05) is 12.1 Å². The van der Waals surface area contributed by atoms with Crippen LogP contribution in [-0.2, 0) is 6.54 Å². The van der Waals surface area contributed by atoms with Gasteiger partial charge in [-0.25, -0.2) is 0 Å². The van der Waals surface area contributed by atoms with Crippen molar-refractivity contribution in [2.45, 2.75) is 19.5 Å². The van der Waals surface area contributed by atoms with E-state index in [2.05, 4.69) is 43.2 Å². The zero-order chi connectivity index (χ0) is 14.7. The zero-order valence-electron chi connectivity index (χ0n) is 10.6. The molecule has 4 nitrogen and oxygen atoms in total. The van der Waals surface area contributed by atoms with E-state index in [0.717, 1.165) is 20.4 Å². The van der Waals surface area contributed by atoms with Crippen LogP contribution in [0.2, 0.25) is 0 Å². The molecule has 1 N–H and O–H groups in total. The molecule has 1 heterocycles. The van der Waals surface area contributed by atoms with Crippen molar-refractivity contribution in [1.82, 2.24) is 5.32 Å².